The topological polar surface area (TPSA) is 97.3 Å². The van der Waals surface area contributed by atoms with Crippen LogP contribution in [0.1, 0.15) is 16.4 Å². The van der Waals surface area contributed by atoms with Gasteiger partial charge >= 0.3 is 4.87 Å². The van der Waals surface area contributed by atoms with Crippen LogP contribution < -0.4 is 15.5 Å². The van der Waals surface area contributed by atoms with Crippen LogP contribution in [-0.2, 0) is 20.9 Å². The van der Waals surface area contributed by atoms with Crippen LogP contribution in [0.15, 0.2) is 58.4 Å². The van der Waals surface area contributed by atoms with Crippen LogP contribution in [0.3, 0.4) is 0 Å². The van der Waals surface area contributed by atoms with E-state index in [0.29, 0.717) is 20.6 Å². The van der Waals surface area contributed by atoms with Gasteiger partial charge in [0, 0.05) is 21.5 Å². The number of hydrogen-bond donors (Lipinski definition) is 2. The van der Waals surface area contributed by atoms with Gasteiger partial charge in [0.15, 0.2) is 0 Å². The molecule has 7 nitrogen and oxygen atoms in total. The van der Waals surface area contributed by atoms with Crippen molar-refractivity contribution in [1.82, 2.24) is 9.88 Å². The Balaban J connectivity index is 1.52. The summed E-state index contributed by atoms with van der Waals surface area (Å²) in [5, 5.41) is 5.32. The van der Waals surface area contributed by atoms with Crippen LogP contribution >= 0.6 is 34.7 Å². The average molecular weight is 504 g/mol. The number of thioether (sulfide) groups is 1. The lowest BCUT2D eigenvalue weighted by molar-refractivity contribution is -0.126. The number of aromatic nitrogens is 1. The largest absolute Gasteiger partial charge is 0.325 e. The van der Waals surface area contributed by atoms with E-state index in [-0.39, 0.29) is 17.3 Å². The molecule has 0 spiro atoms. The van der Waals surface area contributed by atoms with Gasteiger partial charge in [0.2, 0.25) is 17.7 Å². The van der Waals surface area contributed by atoms with Crippen molar-refractivity contribution in [3.05, 3.63) is 79.5 Å². The first-order chi connectivity index (χ1) is 15.8. The van der Waals surface area contributed by atoms with Crippen LogP contribution in [0.2, 0.25) is 5.02 Å². The molecular formula is C22H15ClFN3O4S2. The molecule has 1 saturated heterocycles. The first-order valence-corrected chi connectivity index (χ1v) is 11.9. The van der Waals surface area contributed by atoms with Gasteiger partial charge in [-0.25, -0.2) is 4.39 Å². The second-order valence-corrected chi connectivity index (χ2v) is 10.2. The Hall–Kier alpha value is -2.95. The summed E-state index contributed by atoms with van der Waals surface area (Å²) in [5.74, 6) is -2.89. The van der Waals surface area contributed by atoms with Gasteiger partial charge in [0.1, 0.15) is 17.6 Å². The fraction of sp³-hybridized carbons (Fsp3) is 0.182. The van der Waals surface area contributed by atoms with Crippen molar-refractivity contribution in [2.45, 2.75) is 22.7 Å². The first-order valence-electron chi connectivity index (χ1n) is 9.87. The summed E-state index contributed by atoms with van der Waals surface area (Å²) < 4.78 is 14.4. The maximum Gasteiger partial charge on any atom is 0.308 e. The Morgan fingerprint density at radius 3 is 2.45 bits per heavy atom. The van der Waals surface area contributed by atoms with Crippen molar-refractivity contribution in [2.75, 3.05) is 5.32 Å². The van der Waals surface area contributed by atoms with Crippen molar-refractivity contribution in [2.24, 2.45) is 5.92 Å². The van der Waals surface area contributed by atoms with E-state index in [1.807, 2.05) is 0 Å². The SMILES string of the molecule is O=C(Cn1c2c(sc1=O)[C@@H](c1ccc(Cl)cc1)[C@H]1C(=O)NC(=O)[C@H]1S2)Nc1ccc(F)cc1. The molecule has 0 saturated carbocycles. The van der Waals surface area contributed by atoms with Crippen LogP contribution in [0.4, 0.5) is 10.1 Å². The van der Waals surface area contributed by atoms with E-state index in [2.05, 4.69) is 10.6 Å². The number of carbonyl (C=O) groups excluding carboxylic acids is 3. The number of anilines is 1. The number of halogens is 2. The standard InChI is InChI=1S/C22H15ClFN3O4S2/c23-11-3-1-10(2-4-11)15-16-17(20(30)26-19(16)29)32-21-18(15)33-22(31)27(21)9-14(28)25-13-7-5-12(24)6-8-13/h1-8,15-17H,9H2,(H,25,28)(H,26,29,30)/t15-,16+,17-/m0/s1. The van der Waals surface area contributed by atoms with Gasteiger partial charge < -0.3 is 5.32 Å². The molecule has 1 fully saturated rings. The summed E-state index contributed by atoms with van der Waals surface area (Å²) in [6.45, 7) is -0.282. The predicted molar refractivity (Wildman–Crippen MR) is 123 cm³/mol. The molecule has 0 radical (unpaired) electrons. The molecule has 5 rings (SSSR count). The highest BCUT2D eigenvalue weighted by Crippen LogP contribution is 2.51. The van der Waals surface area contributed by atoms with Gasteiger partial charge in [0.05, 0.1) is 10.9 Å². The lowest BCUT2D eigenvalue weighted by Crippen LogP contribution is -2.32. The van der Waals surface area contributed by atoms with Gasteiger partial charge in [-0.15, -0.1) is 0 Å². The smallest absolute Gasteiger partial charge is 0.308 e. The molecule has 0 bridgehead atoms. The van der Waals surface area contributed by atoms with Gasteiger partial charge in [0.25, 0.3) is 0 Å². The van der Waals surface area contributed by atoms with Crippen LogP contribution in [0.5, 0.6) is 0 Å². The monoisotopic (exact) mass is 503 g/mol. The Bertz CT molecular complexity index is 1340. The number of fused-ring (bicyclic) bond motifs is 2. The van der Waals surface area contributed by atoms with Crippen LogP contribution in [0, 0.1) is 11.7 Å². The van der Waals surface area contributed by atoms with Crippen molar-refractivity contribution in [1.29, 1.82) is 0 Å². The molecule has 3 amide bonds. The highest BCUT2D eigenvalue weighted by molar-refractivity contribution is 8.00. The molecular weight excluding hydrogens is 489 g/mol. The number of nitrogens with one attached hydrogen (secondary N) is 2. The summed E-state index contributed by atoms with van der Waals surface area (Å²) in [4.78, 5) is 50.9. The third-order valence-electron chi connectivity index (χ3n) is 5.55. The minimum absolute atomic E-state index is 0.282. The zero-order valence-corrected chi connectivity index (χ0v) is 19.1. The Kier molecular flexibility index (Phi) is 5.59. The fourth-order valence-electron chi connectivity index (χ4n) is 4.08. The van der Waals surface area contributed by atoms with Crippen molar-refractivity contribution in [3.63, 3.8) is 0 Å². The van der Waals surface area contributed by atoms with Gasteiger partial charge in [-0.3, -0.25) is 29.1 Å². The van der Waals surface area contributed by atoms with E-state index in [9.17, 15) is 23.6 Å². The van der Waals surface area contributed by atoms with Gasteiger partial charge in [-0.1, -0.05) is 46.8 Å². The third-order valence-corrected chi connectivity index (χ3v) is 8.41. The van der Waals surface area contributed by atoms with Gasteiger partial charge in [-0.2, -0.15) is 0 Å². The fourth-order valence-corrected chi connectivity index (χ4v) is 6.95. The van der Waals surface area contributed by atoms with E-state index >= 15 is 0 Å². The van der Waals surface area contributed by atoms with E-state index in [1.54, 1.807) is 24.3 Å². The van der Waals surface area contributed by atoms with Crippen molar-refractivity contribution in [3.8, 4) is 0 Å². The highest BCUT2D eigenvalue weighted by Gasteiger charge is 2.52. The molecule has 168 valence electrons. The summed E-state index contributed by atoms with van der Waals surface area (Å²) >= 11 is 8.10. The lowest BCUT2D eigenvalue weighted by atomic mass is 9.83. The number of carbonyl (C=O) groups is 3. The molecule has 2 N–H and O–H groups in total. The first kappa shape index (κ1) is 21.9. The maximum atomic E-state index is 13.1. The lowest BCUT2D eigenvalue weighted by Gasteiger charge is -2.30. The third kappa shape index (κ3) is 3.98. The second-order valence-electron chi connectivity index (χ2n) is 7.63. The number of benzene rings is 2. The highest BCUT2D eigenvalue weighted by atomic mass is 35.5. The molecule has 3 atom stereocenters. The number of imide groups is 1. The molecule has 0 unspecified atom stereocenters. The summed E-state index contributed by atoms with van der Waals surface area (Å²) in [5.41, 5.74) is 1.15. The molecule has 0 aliphatic carbocycles. The number of amides is 3. The minimum Gasteiger partial charge on any atom is -0.325 e. The van der Waals surface area contributed by atoms with Gasteiger partial charge in [-0.05, 0) is 42.0 Å². The molecule has 2 aromatic carbocycles. The molecule has 3 aromatic rings. The molecule has 2 aliphatic heterocycles. The molecule has 1 aromatic heterocycles. The second kappa shape index (κ2) is 8.44. The van der Waals surface area contributed by atoms with E-state index in [4.69, 9.17) is 11.6 Å². The molecule has 3 heterocycles. The number of rotatable bonds is 4. The summed E-state index contributed by atoms with van der Waals surface area (Å²) in [6, 6.07) is 12.2. The molecule has 11 heteroatoms. The van der Waals surface area contributed by atoms with Crippen LogP contribution in [0.25, 0.3) is 0 Å². The average Bonchev–Trinajstić information content (AvgIpc) is 3.24. The Morgan fingerprint density at radius 2 is 1.76 bits per heavy atom. The van der Waals surface area contributed by atoms with Crippen LogP contribution in [-0.4, -0.2) is 27.5 Å². The van der Waals surface area contributed by atoms with Crippen molar-refractivity contribution >= 4 is 58.1 Å². The Morgan fingerprint density at radius 1 is 1.06 bits per heavy atom. The number of thiazole rings is 1. The molecule has 2 aliphatic rings. The Labute approximate surface area is 199 Å². The normalized spacial score (nSPS) is 21.3. The van der Waals surface area contributed by atoms with E-state index in [0.717, 1.165) is 28.7 Å². The number of nitrogens with zero attached hydrogens (tertiary/aromatic N) is 1. The maximum absolute atomic E-state index is 13.1. The zero-order chi connectivity index (χ0) is 23.3. The van der Waals surface area contributed by atoms with E-state index in [1.165, 1.54) is 28.8 Å². The summed E-state index contributed by atoms with van der Waals surface area (Å²) in [7, 11) is 0. The number of hydrogen-bond acceptors (Lipinski definition) is 6. The predicted octanol–water partition coefficient (Wildman–Crippen LogP) is 3.22. The van der Waals surface area contributed by atoms with E-state index < -0.39 is 34.7 Å². The quantitative estimate of drug-likeness (QED) is 0.533. The van der Waals surface area contributed by atoms with Crippen molar-refractivity contribution < 1.29 is 18.8 Å². The minimum atomic E-state index is -0.717. The summed E-state index contributed by atoms with van der Waals surface area (Å²) in [6.07, 6.45) is 0. The zero-order valence-electron chi connectivity index (χ0n) is 16.7. The molecule has 33 heavy (non-hydrogen) atoms.